The molecule has 19 heteroatoms. The number of aryl methyl sites for hydroxylation is 1. The first-order valence-electron chi connectivity index (χ1n) is 16.5. The lowest BCUT2D eigenvalue weighted by Crippen LogP contribution is -2.48. The topological polar surface area (TPSA) is 249 Å². The van der Waals surface area contributed by atoms with Gasteiger partial charge in [0, 0.05) is 24.9 Å². The summed E-state index contributed by atoms with van der Waals surface area (Å²) in [5.41, 5.74) is 3.33. The van der Waals surface area contributed by atoms with Crippen LogP contribution in [0.3, 0.4) is 0 Å². The molecule has 2 heterocycles. The molecular weight excluding hydrogens is 686 g/mol. The van der Waals surface area contributed by atoms with Gasteiger partial charge in [0.1, 0.15) is 18.8 Å². The van der Waals surface area contributed by atoms with Crippen molar-refractivity contribution >= 4 is 11.9 Å². The van der Waals surface area contributed by atoms with E-state index in [4.69, 9.17) is 13.6 Å². The number of carbonyl (C=O) groups is 2. The Balaban J connectivity index is 1.47. The Kier molecular flexibility index (Phi) is 13.9. The molecule has 4 aromatic rings. The van der Waals surface area contributed by atoms with Gasteiger partial charge in [0.25, 0.3) is 10.2 Å². The highest BCUT2D eigenvalue weighted by atomic mass is 17.0. The molecule has 0 aliphatic carbocycles. The second-order valence-corrected chi connectivity index (χ2v) is 12.1. The van der Waals surface area contributed by atoms with Gasteiger partial charge in [-0.15, -0.1) is 30.4 Å². The molecule has 0 bridgehead atoms. The lowest BCUT2D eigenvalue weighted by Gasteiger charge is -2.33. The maximum atomic E-state index is 13.7. The fraction of sp³-hybridized carbons (Fsp3) is 0.455. The monoisotopic (exact) mass is 725 g/mol. The first-order valence-corrected chi connectivity index (χ1v) is 16.5. The molecule has 0 saturated carbocycles. The number of aromatic amines is 1. The highest BCUT2D eigenvalue weighted by Crippen LogP contribution is 2.30. The molecule has 0 saturated heterocycles. The summed E-state index contributed by atoms with van der Waals surface area (Å²) in [5, 5.41) is 33.4. The third-order valence-corrected chi connectivity index (χ3v) is 8.00. The van der Waals surface area contributed by atoms with Crippen molar-refractivity contribution in [3.8, 4) is 22.5 Å². The van der Waals surface area contributed by atoms with Crippen LogP contribution in [-0.4, -0.2) is 66.3 Å². The van der Waals surface area contributed by atoms with Gasteiger partial charge >= 0.3 is 11.8 Å². The molecule has 19 nitrogen and oxygen atoms in total. The summed E-state index contributed by atoms with van der Waals surface area (Å²) < 4.78 is 15.8. The van der Waals surface area contributed by atoms with Crippen molar-refractivity contribution in [1.82, 2.24) is 25.5 Å². The number of carbonyl (C=O) groups excluding carboxylic acids is 2. The summed E-state index contributed by atoms with van der Waals surface area (Å²) in [5.74, 6) is -2.00. The molecule has 1 amide bonds. The predicted molar refractivity (Wildman–Crippen MR) is 179 cm³/mol. The zero-order valence-corrected chi connectivity index (χ0v) is 28.8. The van der Waals surface area contributed by atoms with E-state index in [9.17, 15) is 34.6 Å². The Hall–Kier alpha value is -6.14. The lowest BCUT2D eigenvalue weighted by molar-refractivity contribution is -0.790. The van der Waals surface area contributed by atoms with Crippen LogP contribution in [0.1, 0.15) is 70.0 Å². The summed E-state index contributed by atoms with van der Waals surface area (Å²) in [6, 6.07) is 14.2. The maximum absolute atomic E-state index is 13.7. The standard InChI is InChI=1S/C33H39N7O12/c1-4-5-13-29(41)38(18-22-14-16-23(17-15-22)25-10-6-7-11-26(25)31-34-36-37-35-31)30(21(2)3)32(42)48-20-28-27(50-33(43)51-28)12-8-9-24(52-40(46)47)19-49-39(44)45/h6-7,10-11,14-17,21,24,30H,4-5,8-9,12-13,18-20H2,1-3H3,(H,34,35,36,37)/t24-,30+/m1/s1. The molecular formula is C33H39N7O12. The van der Waals surface area contributed by atoms with Gasteiger partial charge in [-0.2, -0.15) is 5.21 Å². The molecule has 1 N–H and O–H groups in total. The molecule has 4 rings (SSSR count). The number of esters is 1. The Morgan fingerprint density at radius 2 is 1.69 bits per heavy atom. The third kappa shape index (κ3) is 10.9. The number of unbranched alkanes of at least 4 members (excludes halogenated alkanes) is 1. The maximum Gasteiger partial charge on any atom is 0.519 e. The number of nitrogens with zero attached hydrogens (tertiary/aromatic N) is 6. The van der Waals surface area contributed by atoms with Crippen LogP contribution in [0.2, 0.25) is 0 Å². The van der Waals surface area contributed by atoms with E-state index in [1.54, 1.807) is 13.8 Å². The normalized spacial score (nSPS) is 12.2. The highest BCUT2D eigenvalue weighted by Gasteiger charge is 2.34. The van der Waals surface area contributed by atoms with E-state index in [0.29, 0.717) is 12.2 Å². The van der Waals surface area contributed by atoms with Gasteiger partial charge < -0.3 is 28.1 Å². The minimum atomic E-state index is -1.26. The van der Waals surface area contributed by atoms with Crippen LogP contribution in [0.4, 0.5) is 0 Å². The van der Waals surface area contributed by atoms with E-state index in [1.165, 1.54) is 4.90 Å². The molecule has 0 fully saturated rings. The van der Waals surface area contributed by atoms with E-state index >= 15 is 0 Å². The van der Waals surface area contributed by atoms with Gasteiger partial charge in [0.15, 0.2) is 18.1 Å². The predicted octanol–water partition coefficient (Wildman–Crippen LogP) is 4.47. The number of amides is 1. The van der Waals surface area contributed by atoms with Crippen LogP contribution in [0.5, 0.6) is 0 Å². The summed E-state index contributed by atoms with van der Waals surface area (Å²) in [6.07, 6.45) is 0.396. The highest BCUT2D eigenvalue weighted by molar-refractivity contribution is 5.85. The average Bonchev–Trinajstić information content (AvgIpc) is 3.78. The Labute approximate surface area is 296 Å². The first-order chi connectivity index (χ1) is 25.0. The second-order valence-electron chi connectivity index (χ2n) is 12.1. The lowest BCUT2D eigenvalue weighted by atomic mass is 9.97. The van der Waals surface area contributed by atoms with Gasteiger partial charge in [-0.05, 0) is 47.1 Å². The zero-order valence-electron chi connectivity index (χ0n) is 28.8. The summed E-state index contributed by atoms with van der Waals surface area (Å²) in [7, 11) is 0. The van der Waals surface area contributed by atoms with Crippen LogP contribution in [0.15, 0.2) is 62.2 Å². The minimum absolute atomic E-state index is 0.000523. The van der Waals surface area contributed by atoms with Crippen molar-refractivity contribution in [2.75, 3.05) is 6.61 Å². The van der Waals surface area contributed by atoms with E-state index < -0.39 is 47.3 Å². The summed E-state index contributed by atoms with van der Waals surface area (Å²) in [6.45, 7) is 4.49. The van der Waals surface area contributed by atoms with Crippen LogP contribution in [0, 0.1) is 26.1 Å². The van der Waals surface area contributed by atoms with Crippen molar-refractivity contribution in [2.45, 2.75) is 84.6 Å². The number of aromatic nitrogens is 4. The van der Waals surface area contributed by atoms with E-state index in [-0.39, 0.29) is 55.6 Å². The largest absolute Gasteiger partial charge is 0.519 e. The Morgan fingerprint density at radius 1 is 0.981 bits per heavy atom. The van der Waals surface area contributed by atoms with Crippen LogP contribution < -0.4 is 5.82 Å². The quantitative estimate of drug-likeness (QED) is 0.0706. The van der Waals surface area contributed by atoms with Gasteiger partial charge in [-0.1, -0.05) is 75.7 Å². The van der Waals surface area contributed by atoms with Crippen molar-refractivity contribution in [1.29, 1.82) is 0 Å². The van der Waals surface area contributed by atoms with Gasteiger partial charge in [0.05, 0.1) is 0 Å². The number of nitrogens with one attached hydrogen (secondary N) is 1. The van der Waals surface area contributed by atoms with E-state index in [2.05, 4.69) is 30.3 Å². The van der Waals surface area contributed by atoms with Crippen molar-refractivity contribution in [2.24, 2.45) is 5.92 Å². The van der Waals surface area contributed by atoms with Crippen molar-refractivity contribution in [3.05, 3.63) is 96.5 Å². The third-order valence-electron chi connectivity index (χ3n) is 8.00. The number of tetrazole rings is 1. The smallest absolute Gasteiger partial charge is 0.456 e. The number of benzene rings is 2. The molecule has 52 heavy (non-hydrogen) atoms. The first kappa shape index (κ1) is 38.7. The fourth-order valence-corrected chi connectivity index (χ4v) is 5.55. The molecule has 2 aromatic carbocycles. The Bertz CT molecular complexity index is 1840. The van der Waals surface area contributed by atoms with Gasteiger partial charge in [0.2, 0.25) is 11.7 Å². The summed E-state index contributed by atoms with van der Waals surface area (Å²) in [4.78, 5) is 70.6. The number of hydrogen-bond donors (Lipinski definition) is 1. The minimum Gasteiger partial charge on any atom is -0.456 e. The van der Waals surface area contributed by atoms with Crippen LogP contribution in [-0.2, 0) is 43.6 Å². The molecule has 2 atom stereocenters. The molecule has 2 aromatic heterocycles. The number of rotatable bonds is 21. The second kappa shape index (κ2) is 18.7. The van der Waals surface area contributed by atoms with Gasteiger partial charge in [-0.25, -0.2) is 9.59 Å². The van der Waals surface area contributed by atoms with Gasteiger partial charge in [-0.3, -0.25) is 4.79 Å². The molecule has 0 radical (unpaired) electrons. The molecule has 0 aliphatic heterocycles. The fourth-order valence-electron chi connectivity index (χ4n) is 5.55. The zero-order chi connectivity index (χ0) is 37.6. The van der Waals surface area contributed by atoms with Crippen molar-refractivity contribution < 1.29 is 43.0 Å². The molecule has 0 aliphatic rings. The SMILES string of the molecule is CCCCC(=O)N(Cc1ccc(-c2ccccc2-c2nn[nH]n2)cc1)[C@H](C(=O)OCc1oc(=O)oc1CCC[C@H](CO[N+](=O)[O-])O[N+](=O)[O-])C(C)C. The van der Waals surface area contributed by atoms with Crippen molar-refractivity contribution in [3.63, 3.8) is 0 Å². The summed E-state index contributed by atoms with van der Waals surface area (Å²) >= 11 is 0. The van der Waals surface area contributed by atoms with Crippen LogP contribution >= 0.6 is 0 Å². The van der Waals surface area contributed by atoms with E-state index in [1.807, 2.05) is 55.5 Å². The molecule has 0 unspecified atom stereocenters. The molecule has 278 valence electrons. The van der Waals surface area contributed by atoms with Crippen LogP contribution in [0.25, 0.3) is 22.5 Å². The molecule has 0 spiro atoms. The number of hydrogen-bond acceptors (Lipinski definition) is 15. The number of H-pyrrole nitrogens is 1. The number of ether oxygens (including phenoxy) is 1. The Morgan fingerprint density at radius 3 is 2.33 bits per heavy atom. The average molecular weight is 726 g/mol. The van der Waals surface area contributed by atoms with E-state index in [0.717, 1.165) is 28.7 Å².